The molecule has 1 heterocycles. The fourth-order valence-corrected chi connectivity index (χ4v) is 1.35. The molecule has 2 atom stereocenters. The maximum absolute atomic E-state index is 10.00. The van der Waals surface area contributed by atoms with Gasteiger partial charge < -0.3 is 20.3 Å². The Balaban J connectivity index is 2.42. The highest BCUT2D eigenvalue weighted by Crippen LogP contribution is 2.20. The molecule has 4 heteroatoms. The van der Waals surface area contributed by atoms with Gasteiger partial charge in [0.2, 0.25) is 0 Å². The minimum absolute atomic E-state index is 0.232. The summed E-state index contributed by atoms with van der Waals surface area (Å²) in [6.45, 7) is 5.20. The van der Waals surface area contributed by atoms with Crippen molar-refractivity contribution in [2.24, 2.45) is 0 Å². The predicted molar refractivity (Wildman–Crippen MR) is 49.5 cm³/mol. The van der Waals surface area contributed by atoms with Crippen LogP contribution < -0.4 is 5.32 Å². The lowest BCUT2D eigenvalue weighted by Gasteiger charge is -2.37. The van der Waals surface area contributed by atoms with Gasteiger partial charge >= 0.3 is 0 Å². The summed E-state index contributed by atoms with van der Waals surface area (Å²) >= 11 is 0. The molecule has 1 aliphatic heterocycles. The zero-order chi connectivity index (χ0) is 9.90. The Labute approximate surface area is 78.9 Å². The summed E-state index contributed by atoms with van der Waals surface area (Å²) in [6, 6.07) is 0.319. The van der Waals surface area contributed by atoms with Crippen LogP contribution in [0.1, 0.15) is 20.3 Å². The van der Waals surface area contributed by atoms with Crippen LogP contribution in [0.25, 0.3) is 0 Å². The number of ether oxygens (including phenoxy) is 1. The van der Waals surface area contributed by atoms with Gasteiger partial charge in [0.05, 0.1) is 6.61 Å². The number of aliphatic hydroxyl groups is 2. The fourth-order valence-electron chi connectivity index (χ4n) is 1.35. The number of rotatable bonds is 3. The Morgan fingerprint density at radius 3 is 2.85 bits per heavy atom. The highest BCUT2D eigenvalue weighted by Gasteiger charge is 2.38. The lowest BCUT2D eigenvalue weighted by Crippen LogP contribution is -2.56. The largest absolute Gasteiger partial charge is 0.388 e. The van der Waals surface area contributed by atoms with Crippen molar-refractivity contribution in [3.8, 4) is 0 Å². The first-order valence-electron chi connectivity index (χ1n) is 4.76. The van der Waals surface area contributed by atoms with Crippen LogP contribution in [0.15, 0.2) is 0 Å². The molecule has 3 N–H and O–H groups in total. The van der Waals surface area contributed by atoms with E-state index in [0.717, 1.165) is 0 Å². The molecule has 1 rings (SSSR count). The average Bonchev–Trinajstić information content (AvgIpc) is 2.07. The molecule has 0 aromatic rings. The van der Waals surface area contributed by atoms with Crippen molar-refractivity contribution < 1.29 is 14.9 Å². The van der Waals surface area contributed by atoms with E-state index in [2.05, 4.69) is 5.32 Å². The van der Waals surface area contributed by atoms with E-state index < -0.39 is 11.7 Å². The molecule has 78 valence electrons. The van der Waals surface area contributed by atoms with Crippen molar-refractivity contribution in [1.29, 1.82) is 0 Å². The van der Waals surface area contributed by atoms with Gasteiger partial charge in [0.1, 0.15) is 11.7 Å². The van der Waals surface area contributed by atoms with Crippen LogP contribution in [0.2, 0.25) is 0 Å². The van der Waals surface area contributed by atoms with E-state index in [9.17, 15) is 10.2 Å². The van der Waals surface area contributed by atoms with Crippen molar-refractivity contribution in [1.82, 2.24) is 5.32 Å². The maximum atomic E-state index is 10.00. The van der Waals surface area contributed by atoms with Gasteiger partial charge in [-0.3, -0.25) is 0 Å². The lowest BCUT2D eigenvalue weighted by atomic mass is 9.91. The zero-order valence-electron chi connectivity index (χ0n) is 8.29. The first-order chi connectivity index (χ1) is 6.04. The minimum Gasteiger partial charge on any atom is -0.388 e. The number of hydrogen-bond acceptors (Lipinski definition) is 4. The third kappa shape index (κ3) is 2.91. The standard InChI is InChI=1S/C9H19NO3/c1-7(2)10-6-9(12)3-4-13-5-8(9)11/h7-8,10-12H,3-6H2,1-2H3/t8-,9+/m0/s1. The minimum atomic E-state index is -1.01. The van der Waals surface area contributed by atoms with Gasteiger partial charge in [-0.05, 0) is 0 Å². The van der Waals surface area contributed by atoms with Crippen LogP contribution in [0, 0.1) is 0 Å². The Kier molecular flexibility index (Phi) is 3.67. The molecule has 0 aliphatic carbocycles. The van der Waals surface area contributed by atoms with E-state index >= 15 is 0 Å². The highest BCUT2D eigenvalue weighted by atomic mass is 16.5. The predicted octanol–water partition coefficient (Wildman–Crippen LogP) is -0.503. The molecular weight excluding hydrogens is 170 g/mol. The molecule has 0 amide bonds. The smallest absolute Gasteiger partial charge is 0.107 e. The molecule has 0 radical (unpaired) electrons. The monoisotopic (exact) mass is 189 g/mol. The van der Waals surface area contributed by atoms with Crippen LogP contribution in [0.5, 0.6) is 0 Å². The Morgan fingerprint density at radius 1 is 1.62 bits per heavy atom. The van der Waals surface area contributed by atoms with Crippen LogP contribution in [-0.2, 0) is 4.74 Å². The van der Waals surface area contributed by atoms with E-state index in [1.807, 2.05) is 13.8 Å². The summed E-state index contributed by atoms with van der Waals surface area (Å²) in [6.07, 6.45) is -0.277. The van der Waals surface area contributed by atoms with E-state index in [-0.39, 0.29) is 6.61 Å². The van der Waals surface area contributed by atoms with Gasteiger partial charge in [-0.15, -0.1) is 0 Å². The van der Waals surface area contributed by atoms with Crippen LogP contribution in [-0.4, -0.2) is 47.7 Å². The molecule has 1 saturated heterocycles. The van der Waals surface area contributed by atoms with Gasteiger partial charge in [0, 0.05) is 25.6 Å². The fraction of sp³-hybridized carbons (Fsp3) is 1.00. The molecule has 0 aromatic heterocycles. The molecule has 0 bridgehead atoms. The topological polar surface area (TPSA) is 61.7 Å². The molecule has 0 saturated carbocycles. The van der Waals surface area contributed by atoms with Gasteiger partial charge in [0.25, 0.3) is 0 Å². The van der Waals surface area contributed by atoms with Crippen molar-refractivity contribution in [3.05, 3.63) is 0 Å². The van der Waals surface area contributed by atoms with Gasteiger partial charge in [-0.2, -0.15) is 0 Å². The molecular formula is C9H19NO3. The van der Waals surface area contributed by atoms with Crippen LogP contribution in [0.4, 0.5) is 0 Å². The summed E-state index contributed by atoms with van der Waals surface area (Å²) in [7, 11) is 0. The van der Waals surface area contributed by atoms with Crippen molar-refractivity contribution in [2.75, 3.05) is 19.8 Å². The Morgan fingerprint density at radius 2 is 2.31 bits per heavy atom. The molecule has 1 aliphatic rings. The van der Waals surface area contributed by atoms with Gasteiger partial charge in [-0.1, -0.05) is 13.8 Å². The Hall–Kier alpha value is -0.160. The number of aliphatic hydroxyl groups excluding tert-OH is 1. The molecule has 0 spiro atoms. The lowest BCUT2D eigenvalue weighted by molar-refractivity contribution is -0.150. The highest BCUT2D eigenvalue weighted by molar-refractivity contribution is 4.91. The van der Waals surface area contributed by atoms with Crippen molar-refractivity contribution >= 4 is 0 Å². The molecule has 0 unspecified atom stereocenters. The third-order valence-corrected chi connectivity index (χ3v) is 2.39. The second-order valence-corrected chi connectivity index (χ2v) is 3.98. The first-order valence-corrected chi connectivity index (χ1v) is 4.76. The summed E-state index contributed by atoms with van der Waals surface area (Å²) in [4.78, 5) is 0. The summed E-state index contributed by atoms with van der Waals surface area (Å²) in [5, 5.41) is 22.6. The van der Waals surface area contributed by atoms with Crippen molar-refractivity contribution in [3.63, 3.8) is 0 Å². The molecule has 4 nitrogen and oxygen atoms in total. The normalized spacial score (nSPS) is 35.3. The van der Waals surface area contributed by atoms with Crippen LogP contribution in [0.3, 0.4) is 0 Å². The van der Waals surface area contributed by atoms with E-state index in [1.54, 1.807) is 0 Å². The van der Waals surface area contributed by atoms with Gasteiger partial charge in [0.15, 0.2) is 0 Å². The molecule has 0 aromatic carbocycles. The van der Waals surface area contributed by atoms with Crippen LogP contribution >= 0.6 is 0 Å². The first kappa shape index (κ1) is 10.9. The van der Waals surface area contributed by atoms with Gasteiger partial charge in [-0.25, -0.2) is 0 Å². The average molecular weight is 189 g/mol. The Bertz CT molecular complexity index is 163. The second kappa shape index (κ2) is 4.37. The summed E-state index contributed by atoms with van der Waals surface area (Å²) in [5.74, 6) is 0. The molecule has 1 fully saturated rings. The zero-order valence-corrected chi connectivity index (χ0v) is 8.29. The second-order valence-electron chi connectivity index (χ2n) is 3.98. The number of nitrogens with one attached hydrogen (secondary N) is 1. The van der Waals surface area contributed by atoms with Crippen molar-refractivity contribution in [2.45, 2.75) is 38.0 Å². The summed E-state index contributed by atoms with van der Waals surface area (Å²) < 4.78 is 5.05. The van der Waals surface area contributed by atoms with E-state index in [1.165, 1.54) is 0 Å². The maximum Gasteiger partial charge on any atom is 0.107 e. The SMILES string of the molecule is CC(C)NC[C@]1(O)CCOC[C@@H]1O. The third-order valence-electron chi connectivity index (χ3n) is 2.39. The van der Waals surface area contributed by atoms with E-state index in [4.69, 9.17) is 4.74 Å². The number of hydrogen-bond donors (Lipinski definition) is 3. The molecule has 13 heavy (non-hydrogen) atoms. The quantitative estimate of drug-likeness (QED) is 0.560. The van der Waals surface area contributed by atoms with E-state index in [0.29, 0.717) is 25.6 Å². The summed E-state index contributed by atoms with van der Waals surface area (Å²) in [5.41, 5.74) is -1.01.